The minimum absolute atomic E-state index is 0.0531. The van der Waals surface area contributed by atoms with Gasteiger partial charge in [-0.05, 0) is 31.0 Å². The second-order valence-corrected chi connectivity index (χ2v) is 6.60. The molecule has 1 aliphatic rings. The number of carbonyl (C=O) groups excluding carboxylic acids is 1. The van der Waals surface area contributed by atoms with Crippen molar-refractivity contribution in [3.05, 3.63) is 60.0 Å². The second kappa shape index (κ2) is 7.57. The number of aromatic nitrogens is 4. The number of benzene rings is 1. The molecule has 3 aromatic rings. The van der Waals surface area contributed by atoms with Gasteiger partial charge in [0.1, 0.15) is 0 Å². The van der Waals surface area contributed by atoms with Gasteiger partial charge in [0.2, 0.25) is 5.88 Å². The monoisotopic (exact) mass is 363 g/mol. The fourth-order valence-corrected chi connectivity index (χ4v) is 3.45. The molecule has 2 aromatic heterocycles. The van der Waals surface area contributed by atoms with Crippen LogP contribution in [-0.2, 0) is 0 Å². The lowest BCUT2D eigenvalue weighted by Gasteiger charge is -2.32. The fraction of sp³-hybridized carbons (Fsp3) is 0.300. The first kappa shape index (κ1) is 17.2. The zero-order valence-electron chi connectivity index (χ0n) is 15.1. The lowest BCUT2D eigenvalue weighted by Crippen LogP contribution is -2.39. The summed E-state index contributed by atoms with van der Waals surface area (Å²) in [6, 6.07) is 11.1. The molecule has 1 aliphatic heterocycles. The Morgan fingerprint density at radius 2 is 2.04 bits per heavy atom. The summed E-state index contributed by atoms with van der Waals surface area (Å²) in [5, 5.41) is 7.06. The molecule has 7 nitrogen and oxygen atoms in total. The van der Waals surface area contributed by atoms with Crippen LogP contribution in [-0.4, -0.2) is 51.2 Å². The Hall–Kier alpha value is -3.22. The first-order chi connectivity index (χ1) is 13.2. The lowest BCUT2D eigenvalue weighted by atomic mass is 9.94. The molecule has 4 rings (SSSR count). The average Bonchev–Trinajstić information content (AvgIpc) is 3.28. The van der Waals surface area contributed by atoms with E-state index in [9.17, 15) is 4.79 Å². The molecule has 0 radical (unpaired) electrons. The standard InChI is InChI=1S/C20H21N5O2/c1-27-18-9-10-21-19(23-18)14-4-6-15(7-5-14)20(26)25-12-2-3-16(13-25)17-8-11-22-24-17/h4-11,16H,2-3,12-13H2,1H3,(H,22,24)/t16-/m1/s1. The van der Waals surface area contributed by atoms with Crippen LogP contribution in [0.3, 0.4) is 0 Å². The van der Waals surface area contributed by atoms with Crippen molar-refractivity contribution in [2.75, 3.05) is 20.2 Å². The molecule has 27 heavy (non-hydrogen) atoms. The van der Waals surface area contributed by atoms with Crippen LogP contribution in [0.1, 0.15) is 34.8 Å². The van der Waals surface area contributed by atoms with Crippen molar-refractivity contribution in [2.45, 2.75) is 18.8 Å². The summed E-state index contributed by atoms with van der Waals surface area (Å²) >= 11 is 0. The van der Waals surface area contributed by atoms with E-state index in [0.717, 1.165) is 30.6 Å². The van der Waals surface area contributed by atoms with Crippen LogP contribution in [0.5, 0.6) is 5.88 Å². The van der Waals surface area contributed by atoms with E-state index >= 15 is 0 Å². The van der Waals surface area contributed by atoms with Crippen LogP contribution >= 0.6 is 0 Å². The Bertz CT molecular complexity index is 908. The van der Waals surface area contributed by atoms with Gasteiger partial charge in [-0.15, -0.1) is 0 Å². The second-order valence-electron chi connectivity index (χ2n) is 6.60. The first-order valence-corrected chi connectivity index (χ1v) is 9.00. The van der Waals surface area contributed by atoms with Crippen molar-refractivity contribution in [2.24, 2.45) is 0 Å². The SMILES string of the molecule is COc1ccnc(-c2ccc(C(=O)N3CCC[C@@H](c4ccn[nH]4)C3)cc2)n1. The maximum atomic E-state index is 12.9. The van der Waals surface area contributed by atoms with Gasteiger partial charge in [0, 0.05) is 54.3 Å². The van der Waals surface area contributed by atoms with Crippen molar-refractivity contribution in [1.82, 2.24) is 25.1 Å². The number of aromatic amines is 1. The molecule has 0 aliphatic carbocycles. The van der Waals surface area contributed by atoms with Crippen molar-refractivity contribution in [1.29, 1.82) is 0 Å². The topological polar surface area (TPSA) is 84.0 Å². The van der Waals surface area contributed by atoms with Gasteiger partial charge in [-0.1, -0.05) is 12.1 Å². The number of likely N-dealkylation sites (tertiary alicyclic amines) is 1. The van der Waals surface area contributed by atoms with Crippen LogP contribution in [0, 0.1) is 0 Å². The maximum absolute atomic E-state index is 12.9. The van der Waals surface area contributed by atoms with Gasteiger partial charge in [0.15, 0.2) is 5.82 Å². The molecule has 1 amide bonds. The van der Waals surface area contributed by atoms with Gasteiger partial charge >= 0.3 is 0 Å². The van der Waals surface area contributed by atoms with Crippen LogP contribution in [0.25, 0.3) is 11.4 Å². The Morgan fingerprint density at radius 1 is 1.19 bits per heavy atom. The van der Waals surface area contributed by atoms with Gasteiger partial charge in [0.25, 0.3) is 5.91 Å². The molecule has 1 aromatic carbocycles. The predicted octanol–water partition coefficient (Wildman–Crippen LogP) is 2.90. The van der Waals surface area contributed by atoms with Crippen molar-refractivity contribution in [3.63, 3.8) is 0 Å². The van der Waals surface area contributed by atoms with Gasteiger partial charge in [0.05, 0.1) is 7.11 Å². The third-order valence-electron chi connectivity index (χ3n) is 4.90. The van der Waals surface area contributed by atoms with Crippen LogP contribution in [0.2, 0.25) is 0 Å². The van der Waals surface area contributed by atoms with Crippen LogP contribution < -0.4 is 4.74 Å². The molecule has 138 valence electrons. The summed E-state index contributed by atoms with van der Waals surface area (Å²) in [5.41, 5.74) is 2.62. The molecule has 3 heterocycles. The number of methoxy groups -OCH3 is 1. The molecule has 0 unspecified atom stereocenters. The lowest BCUT2D eigenvalue weighted by molar-refractivity contribution is 0.0706. The van der Waals surface area contributed by atoms with E-state index in [1.807, 2.05) is 35.2 Å². The Kier molecular flexibility index (Phi) is 4.82. The number of ether oxygens (including phenoxy) is 1. The Balaban J connectivity index is 1.49. The van der Waals surface area contributed by atoms with Gasteiger partial charge in [-0.2, -0.15) is 10.1 Å². The summed E-state index contributed by atoms with van der Waals surface area (Å²) in [7, 11) is 1.57. The quantitative estimate of drug-likeness (QED) is 0.770. The first-order valence-electron chi connectivity index (χ1n) is 9.00. The van der Waals surface area contributed by atoms with Crippen LogP contribution in [0.4, 0.5) is 0 Å². The van der Waals surface area contributed by atoms with Gasteiger partial charge < -0.3 is 9.64 Å². The van der Waals surface area contributed by atoms with Gasteiger partial charge in [-0.3, -0.25) is 9.89 Å². The van der Waals surface area contributed by atoms with E-state index in [4.69, 9.17) is 4.74 Å². The number of carbonyl (C=O) groups is 1. The molecule has 7 heteroatoms. The maximum Gasteiger partial charge on any atom is 0.253 e. The number of hydrogen-bond acceptors (Lipinski definition) is 5. The highest BCUT2D eigenvalue weighted by Crippen LogP contribution is 2.26. The number of rotatable bonds is 4. The normalized spacial score (nSPS) is 16.9. The Morgan fingerprint density at radius 3 is 2.78 bits per heavy atom. The number of H-pyrrole nitrogens is 1. The third-order valence-corrected chi connectivity index (χ3v) is 4.90. The summed E-state index contributed by atoms with van der Waals surface area (Å²) in [5.74, 6) is 1.45. The minimum Gasteiger partial charge on any atom is -0.481 e. The zero-order chi connectivity index (χ0) is 18.6. The fourth-order valence-electron chi connectivity index (χ4n) is 3.45. The van der Waals surface area contributed by atoms with E-state index in [2.05, 4.69) is 20.2 Å². The molecular weight excluding hydrogens is 342 g/mol. The van der Waals surface area contributed by atoms with E-state index < -0.39 is 0 Å². The molecule has 1 atom stereocenters. The van der Waals surface area contributed by atoms with Crippen molar-refractivity contribution >= 4 is 5.91 Å². The molecule has 1 N–H and O–H groups in total. The molecular formula is C20H21N5O2. The number of amides is 1. The van der Waals surface area contributed by atoms with E-state index in [0.29, 0.717) is 29.7 Å². The summed E-state index contributed by atoms with van der Waals surface area (Å²) in [4.78, 5) is 23.4. The summed E-state index contributed by atoms with van der Waals surface area (Å²) < 4.78 is 5.14. The number of nitrogens with one attached hydrogen (secondary N) is 1. The number of piperidine rings is 1. The minimum atomic E-state index is 0.0531. The van der Waals surface area contributed by atoms with E-state index in [1.54, 1.807) is 25.6 Å². The average molecular weight is 363 g/mol. The molecule has 0 spiro atoms. The number of nitrogens with zero attached hydrogens (tertiary/aromatic N) is 4. The third kappa shape index (κ3) is 3.67. The molecule has 1 fully saturated rings. The van der Waals surface area contributed by atoms with Crippen LogP contribution in [0.15, 0.2) is 48.8 Å². The number of hydrogen-bond donors (Lipinski definition) is 1. The molecule has 1 saturated heterocycles. The highest BCUT2D eigenvalue weighted by atomic mass is 16.5. The largest absolute Gasteiger partial charge is 0.481 e. The Labute approximate surface area is 157 Å². The van der Waals surface area contributed by atoms with Gasteiger partial charge in [-0.25, -0.2) is 4.98 Å². The predicted molar refractivity (Wildman–Crippen MR) is 100 cm³/mol. The highest BCUT2D eigenvalue weighted by molar-refractivity contribution is 5.94. The summed E-state index contributed by atoms with van der Waals surface area (Å²) in [6.07, 6.45) is 5.47. The van der Waals surface area contributed by atoms with Crippen molar-refractivity contribution < 1.29 is 9.53 Å². The molecule has 0 bridgehead atoms. The summed E-state index contributed by atoms with van der Waals surface area (Å²) in [6.45, 7) is 1.49. The smallest absolute Gasteiger partial charge is 0.253 e. The van der Waals surface area contributed by atoms with E-state index in [1.165, 1.54) is 0 Å². The zero-order valence-corrected chi connectivity index (χ0v) is 15.1. The highest BCUT2D eigenvalue weighted by Gasteiger charge is 2.26. The van der Waals surface area contributed by atoms with Crippen molar-refractivity contribution in [3.8, 4) is 17.3 Å². The molecule has 0 saturated carbocycles. The van der Waals surface area contributed by atoms with E-state index in [-0.39, 0.29) is 5.91 Å².